The fourth-order valence-corrected chi connectivity index (χ4v) is 4.66. The number of nitrogens with one attached hydrogen (secondary N) is 2. The zero-order chi connectivity index (χ0) is 28.9. The number of anilines is 2. The molecule has 0 fully saturated rings. The van der Waals surface area contributed by atoms with Crippen LogP contribution in [-0.4, -0.2) is 37.9 Å². The van der Waals surface area contributed by atoms with Crippen LogP contribution in [0.2, 0.25) is 5.02 Å². The largest absolute Gasteiger partial charge is 0.382 e. The summed E-state index contributed by atoms with van der Waals surface area (Å²) in [5.74, 6) is 6.67. The van der Waals surface area contributed by atoms with E-state index in [1.165, 1.54) is 23.3 Å². The van der Waals surface area contributed by atoms with Gasteiger partial charge >= 0.3 is 0 Å². The van der Waals surface area contributed by atoms with Crippen LogP contribution in [0.4, 0.5) is 11.6 Å². The number of hydrogen-bond donors (Lipinski definition) is 4. The lowest BCUT2D eigenvalue weighted by Gasteiger charge is -2.21. The molecule has 1 unspecified atom stereocenters. The summed E-state index contributed by atoms with van der Waals surface area (Å²) in [5, 5.41) is 3.76. The van der Waals surface area contributed by atoms with Crippen molar-refractivity contribution >= 4 is 45.0 Å². The Kier molecular flexibility index (Phi) is 8.16. The van der Waals surface area contributed by atoms with Gasteiger partial charge in [-0.3, -0.25) is 14.3 Å². The van der Waals surface area contributed by atoms with Gasteiger partial charge < -0.3 is 11.1 Å². The molecule has 5 rings (SSSR count). The molecule has 14 heteroatoms. The smallest absolute Gasteiger partial charge is 0.267 e. The Labute approximate surface area is 240 Å². The maximum Gasteiger partial charge on any atom is 0.267 e. The van der Waals surface area contributed by atoms with E-state index in [1.54, 1.807) is 55.6 Å². The Morgan fingerprint density at radius 2 is 1.93 bits per heavy atom. The lowest BCUT2D eigenvalue weighted by molar-refractivity contribution is 0.601. The van der Waals surface area contributed by atoms with Gasteiger partial charge in [0.05, 0.1) is 33.9 Å². The van der Waals surface area contributed by atoms with Crippen LogP contribution in [0.5, 0.6) is 0 Å². The highest BCUT2D eigenvalue weighted by Gasteiger charge is 2.21. The zero-order valence-electron chi connectivity index (χ0n) is 21.4. The third-order valence-corrected chi connectivity index (χ3v) is 6.68. The second kappa shape index (κ2) is 12.1. The standard InChI is InChI=1S/C27H22ClN9O3S/c1-16(35-25-20(24(29)32-15-33-25)9-8-18-14-30-10-11-31-18)26-36-22-7-3-6-21(28)23(22)27(38)37(26)19-5-2-4-17(12-19)13-34-41(39)40/h2-7,10-12,14-16,41H,13H2,1H3,(H,34,39,40)(H3,29,32,33,35). The van der Waals surface area contributed by atoms with E-state index in [2.05, 4.69) is 41.8 Å². The summed E-state index contributed by atoms with van der Waals surface area (Å²) in [4.78, 5) is 35.2. The lowest BCUT2D eigenvalue weighted by atomic mass is 10.1. The van der Waals surface area contributed by atoms with Gasteiger partial charge in [0.15, 0.2) is 0 Å². The summed E-state index contributed by atoms with van der Waals surface area (Å²) >= 11 is 6.42. The number of rotatable bonds is 7. The first-order valence-electron chi connectivity index (χ1n) is 12.1. The predicted molar refractivity (Wildman–Crippen MR) is 156 cm³/mol. The summed E-state index contributed by atoms with van der Waals surface area (Å²) in [7, 11) is -2.79. The van der Waals surface area contributed by atoms with Crippen LogP contribution in [0.1, 0.15) is 35.6 Å². The normalized spacial score (nSPS) is 11.7. The molecule has 0 aliphatic carbocycles. The predicted octanol–water partition coefficient (Wildman–Crippen LogP) is 2.39. The van der Waals surface area contributed by atoms with Crippen LogP contribution in [0.25, 0.3) is 16.6 Å². The average Bonchev–Trinajstić information content (AvgIpc) is 2.96. The lowest BCUT2D eigenvalue weighted by Crippen LogP contribution is -2.28. The van der Waals surface area contributed by atoms with Gasteiger partial charge in [0.1, 0.15) is 35.0 Å². The molecule has 0 spiro atoms. The Hall–Kier alpha value is -4.90. The van der Waals surface area contributed by atoms with Crippen molar-refractivity contribution in [3.63, 3.8) is 0 Å². The second-order valence-corrected chi connectivity index (χ2v) is 9.93. The van der Waals surface area contributed by atoms with Gasteiger partial charge in [0, 0.05) is 18.9 Å². The Bertz CT molecular complexity index is 1950. The van der Waals surface area contributed by atoms with Crippen molar-refractivity contribution in [2.75, 3.05) is 11.1 Å². The first-order chi connectivity index (χ1) is 19.8. The van der Waals surface area contributed by atoms with E-state index in [0.29, 0.717) is 39.7 Å². The molecule has 0 amide bonds. The molecule has 4 N–H and O–H groups in total. The van der Waals surface area contributed by atoms with Gasteiger partial charge in [0.2, 0.25) is 10.9 Å². The topological polar surface area (TPSA) is 171 Å². The molecule has 12 nitrogen and oxygen atoms in total. The van der Waals surface area contributed by atoms with Crippen LogP contribution < -0.4 is 21.3 Å². The average molecular weight is 588 g/mol. The molecule has 2 aromatic carbocycles. The first-order valence-corrected chi connectivity index (χ1v) is 13.7. The molecule has 41 heavy (non-hydrogen) atoms. The van der Waals surface area contributed by atoms with E-state index in [-0.39, 0.29) is 22.8 Å². The minimum absolute atomic E-state index is 0.0558. The highest BCUT2D eigenvalue weighted by atomic mass is 35.5. The van der Waals surface area contributed by atoms with Crippen LogP contribution in [0.3, 0.4) is 0 Å². The molecule has 1 atom stereocenters. The number of nitrogens with two attached hydrogens (primary N) is 1. The van der Waals surface area contributed by atoms with Crippen LogP contribution in [0, 0.1) is 11.8 Å². The van der Waals surface area contributed by atoms with Crippen LogP contribution in [-0.2, 0) is 17.4 Å². The van der Waals surface area contributed by atoms with Crippen molar-refractivity contribution < 1.29 is 8.42 Å². The van der Waals surface area contributed by atoms with E-state index in [4.69, 9.17) is 22.3 Å². The van der Waals surface area contributed by atoms with E-state index < -0.39 is 22.5 Å². The van der Waals surface area contributed by atoms with Crippen molar-refractivity contribution in [3.05, 3.63) is 105 Å². The number of nitrogens with zero attached hydrogens (tertiary/aromatic N) is 6. The second-order valence-electron chi connectivity index (χ2n) is 8.70. The van der Waals surface area contributed by atoms with Crippen molar-refractivity contribution in [3.8, 4) is 17.5 Å². The minimum Gasteiger partial charge on any atom is -0.382 e. The van der Waals surface area contributed by atoms with Crippen molar-refractivity contribution in [1.29, 1.82) is 0 Å². The van der Waals surface area contributed by atoms with Gasteiger partial charge in [-0.2, -0.15) is 0 Å². The first kappa shape index (κ1) is 27.7. The molecular formula is C27H22ClN9O3S. The summed E-state index contributed by atoms with van der Waals surface area (Å²) in [6.07, 6.45) is 5.89. The number of thiol groups is 1. The Morgan fingerprint density at radius 3 is 2.71 bits per heavy atom. The van der Waals surface area contributed by atoms with Gasteiger partial charge in [-0.05, 0) is 42.7 Å². The van der Waals surface area contributed by atoms with Gasteiger partial charge in [-0.15, -0.1) is 0 Å². The van der Waals surface area contributed by atoms with Crippen molar-refractivity contribution in [2.24, 2.45) is 0 Å². The van der Waals surface area contributed by atoms with E-state index in [1.807, 2.05) is 0 Å². The third-order valence-electron chi connectivity index (χ3n) is 5.95. The number of nitrogen functional groups attached to an aromatic ring is 1. The maximum atomic E-state index is 13.9. The molecule has 0 saturated carbocycles. The molecule has 0 bridgehead atoms. The van der Waals surface area contributed by atoms with Crippen LogP contribution in [0.15, 0.2) is 72.2 Å². The quantitative estimate of drug-likeness (QED) is 0.164. The maximum absolute atomic E-state index is 13.9. The number of aromatic nitrogens is 6. The summed E-state index contributed by atoms with van der Waals surface area (Å²) in [6.45, 7) is 1.86. The molecule has 3 heterocycles. The Morgan fingerprint density at radius 1 is 1.10 bits per heavy atom. The highest BCUT2D eigenvalue weighted by molar-refractivity contribution is 7.70. The number of benzene rings is 2. The molecule has 0 aliphatic heterocycles. The summed E-state index contributed by atoms with van der Waals surface area (Å²) < 4.78 is 25.9. The van der Waals surface area contributed by atoms with Crippen LogP contribution >= 0.6 is 11.6 Å². The molecule has 3 aromatic heterocycles. The van der Waals surface area contributed by atoms with Gasteiger partial charge in [-0.25, -0.2) is 33.1 Å². The van der Waals surface area contributed by atoms with Crippen molar-refractivity contribution in [2.45, 2.75) is 19.5 Å². The monoisotopic (exact) mass is 587 g/mol. The molecule has 0 radical (unpaired) electrons. The minimum atomic E-state index is -2.79. The van der Waals surface area contributed by atoms with E-state index >= 15 is 0 Å². The molecule has 5 aromatic rings. The van der Waals surface area contributed by atoms with Gasteiger partial charge in [0.25, 0.3) is 5.56 Å². The summed E-state index contributed by atoms with van der Waals surface area (Å²) in [5.41, 5.74) is 8.04. The fourth-order valence-electron chi connectivity index (χ4n) is 4.10. The number of hydrogen-bond acceptors (Lipinski definition) is 10. The molecular weight excluding hydrogens is 566 g/mol. The SMILES string of the molecule is CC(Nc1ncnc(N)c1C#Cc1cnccn1)c1nc2cccc(Cl)c2c(=O)n1-c1cccc(CN[SH](=O)=O)c1. The van der Waals surface area contributed by atoms with E-state index in [9.17, 15) is 13.2 Å². The highest BCUT2D eigenvalue weighted by Crippen LogP contribution is 2.26. The fraction of sp³-hybridized carbons (Fsp3) is 0.111. The summed E-state index contributed by atoms with van der Waals surface area (Å²) in [6, 6.07) is 11.3. The Balaban J connectivity index is 1.62. The zero-order valence-corrected chi connectivity index (χ0v) is 23.1. The third kappa shape index (κ3) is 6.15. The number of halogens is 1. The van der Waals surface area contributed by atoms with Gasteiger partial charge in [-0.1, -0.05) is 35.7 Å². The number of fused-ring (bicyclic) bond motifs is 1. The molecule has 206 valence electrons. The van der Waals surface area contributed by atoms with E-state index in [0.717, 1.165) is 0 Å². The molecule has 0 aliphatic rings. The molecule has 0 saturated heterocycles. The van der Waals surface area contributed by atoms with Crippen molar-refractivity contribution in [1.82, 2.24) is 34.2 Å².